The van der Waals surface area contributed by atoms with E-state index in [9.17, 15) is 4.79 Å². The zero-order chi connectivity index (χ0) is 17.6. The predicted octanol–water partition coefficient (Wildman–Crippen LogP) is 4.43. The molecule has 132 valence electrons. The molecule has 0 spiro atoms. The van der Waals surface area contributed by atoms with Crippen LogP contribution in [-0.2, 0) is 11.3 Å². The molecule has 1 saturated heterocycles. The first-order valence-electron chi connectivity index (χ1n) is 8.94. The van der Waals surface area contributed by atoms with Gasteiger partial charge in [-0.15, -0.1) is 0 Å². The summed E-state index contributed by atoms with van der Waals surface area (Å²) in [4.78, 5) is 15.0. The van der Waals surface area contributed by atoms with Crippen LogP contribution in [0, 0.1) is 5.92 Å². The van der Waals surface area contributed by atoms with Crippen LogP contribution in [0.15, 0.2) is 54.6 Å². The third-order valence-electron chi connectivity index (χ3n) is 4.85. The van der Waals surface area contributed by atoms with Crippen molar-refractivity contribution < 1.29 is 4.79 Å². The number of carbonyl (C=O) groups excluding carboxylic acids is 1. The summed E-state index contributed by atoms with van der Waals surface area (Å²) in [6.45, 7) is 4.77. The van der Waals surface area contributed by atoms with Crippen molar-refractivity contribution in [2.75, 3.05) is 13.1 Å². The first-order chi connectivity index (χ1) is 12.1. The van der Waals surface area contributed by atoms with Gasteiger partial charge in [0.1, 0.15) is 0 Å². The molecular weight excluding hydrogens is 332 g/mol. The maximum atomic E-state index is 12.7. The molecule has 1 amide bonds. The van der Waals surface area contributed by atoms with E-state index in [1.807, 2.05) is 37.3 Å². The molecule has 1 N–H and O–H groups in total. The maximum Gasteiger partial charge on any atom is 0.224 e. The summed E-state index contributed by atoms with van der Waals surface area (Å²) in [5.41, 5.74) is 2.38. The van der Waals surface area contributed by atoms with E-state index in [1.54, 1.807) is 0 Å². The van der Waals surface area contributed by atoms with E-state index in [4.69, 9.17) is 11.6 Å². The van der Waals surface area contributed by atoms with Crippen LogP contribution in [0.4, 0.5) is 0 Å². The van der Waals surface area contributed by atoms with E-state index in [1.165, 1.54) is 5.56 Å². The van der Waals surface area contributed by atoms with Crippen LogP contribution < -0.4 is 5.32 Å². The molecule has 4 heteroatoms. The number of amides is 1. The van der Waals surface area contributed by atoms with Crippen LogP contribution in [0.3, 0.4) is 0 Å². The zero-order valence-corrected chi connectivity index (χ0v) is 15.4. The van der Waals surface area contributed by atoms with Crippen molar-refractivity contribution in [2.45, 2.75) is 32.4 Å². The average Bonchev–Trinajstić information content (AvgIpc) is 2.64. The summed E-state index contributed by atoms with van der Waals surface area (Å²) in [7, 11) is 0. The highest BCUT2D eigenvalue weighted by Crippen LogP contribution is 2.21. The van der Waals surface area contributed by atoms with Gasteiger partial charge < -0.3 is 5.32 Å². The molecule has 0 saturated carbocycles. The number of nitrogens with one attached hydrogen (secondary N) is 1. The second-order valence-electron chi connectivity index (χ2n) is 6.84. The monoisotopic (exact) mass is 356 g/mol. The van der Waals surface area contributed by atoms with Crippen molar-refractivity contribution in [3.8, 4) is 0 Å². The third kappa shape index (κ3) is 5.07. The fraction of sp³-hybridized carbons (Fsp3) is 0.381. The summed E-state index contributed by atoms with van der Waals surface area (Å²) in [6.07, 6.45) is 2.02. The molecule has 0 radical (unpaired) electrons. The minimum Gasteiger partial charge on any atom is -0.349 e. The molecule has 25 heavy (non-hydrogen) atoms. The molecule has 1 aliphatic heterocycles. The zero-order valence-electron chi connectivity index (χ0n) is 14.6. The van der Waals surface area contributed by atoms with Crippen LogP contribution in [0.25, 0.3) is 0 Å². The lowest BCUT2D eigenvalue weighted by Crippen LogP contribution is -2.43. The summed E-state index contributed by atoms with van der Waals surface area (Å²) in [6, 6.07) is 18.1. The first-order valence-corrected chi connectivity index (χ1v) is 9.32. The van der Waals surface area contributed by atoms with Gasteiger partial charge in [-0.1, -0.05) is 54.1 Å². The Labute approximate surface area is 155 Å². The number of carbonyl (C=O) groups is 1. The van der Waals surface area contributed by atoms with Crippen LogP contribution in [0.2, 0.25) is 5.02 Å². The van der Waals surface area contributed by atoms with Crippen molar-refractivity contribution in [2.24, 2.45) is 5.92 Å². The molecule has 2 atom stereocenters. The lowest BCUT2D eigenvalue weighted by Gasteiger charge is -2.32. The standard InChI is InChI=1S/C21H25ClN2O/c1-16(18-6-3-2-4-7-18)23-21(25)19-8-5-13-24(15-19)14-17-9-11-20(22)12-10-17/h2-4,6-7,9-12,16,19H,5,8,13-15H2,1H3,(H,23,25)/t16-,19-/m0/s1. The summed E-state index contributed by atoms with van der Waals surface area (Å²) < 4.78 is 0. The van der Waals surface area contributed by atoms with Crippen LogP contribution in [-0.4, -0.2) is 23.9 Å². The summed E-state index contributed by atoms with van der Waals surface area (Å²) in [5.74, 6) is 0.226. The summed E-state index contributed by atoms with van der Waals surface area (Å²) >= 11 is 5.95. The Morgan fingerprint density at radius 3 is 2.64 bits per heavy atom. The van der Waals surface area contributed by atoms with E-state index in [2.05, 4.69) is 34.5 Å². The van der Waals surface area contributed by atoms with Crippen LogP contribution in [0.1, 0.15) is 36.9 Å². The van der Waals surface area contributed by atoms with Gasteiger partial charge in [-0.3, -0.25) is 9.69 Å². The Bertz CT molecular complexity index is 687. The molecule has 2 aromatic carbocycles. The fourth-order valence-electron chi connectivity index (χ4n) is 3.42. The average molecular weight is 357 g/mol. The first kappa shape index (κ1) is 18.0. The quantitative estimate of drug-likeness (QED) is 0.859. The topological polar surface area (TPSA) is 32.3 Å². The molecule has 0 bridgehead atoms. The SMILES string of the molecule is C[C@H](NC(=O)[C@H]1CCCN(Cc2ccc(Cl)cc2)C1)c1ccccc1. The molecule has 0 aromatic heterocycles. The van der Waals surface area contributed by atoms with Gasteiger partial charge in [0, 0.05) is 18.1 Å². The van der Waals surface area contributed by atoms with Gasteiger partial charge in [0.2, 0.25) is 5.91 Å². The highest BCUT2D eigenvalue weighted by atomic mass is 35.5. The fourth-order valence-corrected chi connectivity index (χ4v) is 3.54. The number of rotatable bonds is 5. The van der Waals surface area contributed by atoms with Crippen molar-refractivity contribution in [3.63, 3.8) is 0 Å². The largest absolute Gasteiger partial charge is 0.349 e. The summed E-state index contributed by atoms with van der Waals surface area (Å²) in [5, 5.41) is 3.93. The molecule has 1 heterocycles. The minimum absolute atomic E-state index is 0.0420. The van der Waals surface area contributed by atoms with Gasteiger partial charge in [0.05, 0.1) is 12.0 Å². The van der Waals surface area contributed by atoms with Gasteiger partial charge in [-0.2, -0.15) is 0 Å². The lowest BCUT2D eigenvalue weighted by molar-refractivity contribution is -0.127. The molecule has 0 unspecified atom stereocenters. The number of piperidine rings is 1. The molecule has 0 aliphatic carbocycles. The Hall–Kier alpha value is -1.84. The van der Waals surface area contributed by atoms with Crippen LogP contribution in [0.5, 0.6) is 0 Å². The number of likely N-dealkylation sites (tertiary alicyclic amines) is 1. The minimum atomic E-state index is 0.0420. The second kappa shape index (κ2) is 8.50. The second-order valence-corrected chi connectivity index (χ2v) is 7.28. The molecule has 3 nitrogen and oxygen atoms in total. The number of nitrogens with zero attached hydrogens (tertiary/aromatic N) is 1. The third-order valence-corrected chi connectivity index (χ3v) is 5.11. The smallest absolute Gasteiger partial charge is 0.224 e. The van der Waals surface area contributed by atoms with Gasteiger partial charge >= 0.3 is 0 Å². The van der Waals surface area contributed by atoms with Crippen molar-refractivity contribution >= 4 is 17.5 Å². The highest BCUT2D eigenvalue weighted by Gasteiger charge is 2.26. The Kier molecular flexibility index (Phi) is 6.11. The normalized spacial score (nSPS) is 19.4. The molecule has 3 rings (SSSR count). The number of benzene rings is 2. The Morgan fingerprint density at radius 2 is 1.92 bits per heavy atom. The van der Waals surface area contributed by atoms with Crippen molar-refractivity contribution in [1.82, 2.24) is 10.2 Å². The van der Waals surface area contributed by atoms with E-state index in [0.717, 1.165) is 43.1 Å². The van der Waals surface area contributed by atoms with E-state index in [-0.39, 0.29) is 17.9 Å². The Balaban J connectivity index is 1.55. The predicted molar refractivity (Wildman–Crippen MR) is 102 cm³/mol. The maximum absolute atomic E-state index is 12.7. The van der Waals surface area contributed by atoms with Crippen molar-refractivity contribution in [3.05, 3.63) is 70.7 Å². The van der Waals surface area contributed by atoms with Crippen molar-refractivity contribution in [1.29, 1.82) is 0 Å². The lowest BCUT2D eigenvalue weighted by atomic mass is 9.96. The highest BCUT2D eigenvalue weighted by molar-refractivity contribution is 6.30. The van der Waals surface area contributed by atoms with Gasteiger partial charge in [-0.05, 0) is 49.6 Å². The molecular formula is C21H25ClN2O. The Morgan fingerprint density at radius 1 is 1.20 bits per heavy atom. The molecule has 1 aliphatic rings. The van der Waals surface area contributed by atoms with Gasteiger partial charge in [0.15, 0.2) is 0 Å². The molecule has 2 aromatic rings. The van der Waals surface area contributed by atoms with Crippen LogP contribution >= 0.6 is 11.6 Å². The van der Waals surface area contributed by atoms with E-state index < -0.39 is 0 Å². The van der Waals surface area contributed by atoms with E-state index in [0.29, 0.717) is 0 Å². The van der Waals surface area contributed by atoms with Gasteiger partial charge in [0.25, 0.3) is 0 Å². The van der Waals surface area contributed by atoms with E-state index >= 15 is 0 Å². The number of halogens is 1. The number of hydrogen-bond acceptors (Lipinski definition) is 2. The van der Waals surface area contributed by atoms with Gasteiger partial charge in [-0.25, -0.2) is 0 Å². The number of hydrogen-bond donors (Lipinski definition) is 1. The molecule has 1 fully saturated rings.